The lowest BCUT2D eigenvalue weighted by Gasteiger charge is -2.10. The molecular formula is C14H15N. The molecule has 0 spiro atoms. The maximum Gasteiger partial charge on any atom is 0.0352 e. The molecule has 2 aromatic carbocycles. The fraction of sp³-hybridized carbons (Fsp3) is 0.143. The second-order valence-corrected chi connectivity index (χ2v) is 3.89. The van der Waals surface area contributed by atoms with Gasteiger partial charge >= 0.3 is 0 Å². The lowest BCUT2D eigenvalue weighted by Crippen LogP contribution is -1.93. The van der Waals surface area contributed by atoms with Gasteiger partial charge in [0, 0.05) is 5.69 Å². The Bertz CT molecular complexity index is 472. The van der Waals surface area contributed by atoms with E-state index in [-0.39, 0.29) is 0 Å². The Balaban J connectivity index is 2.63. The van der Waals surface area contributed by atoms with Crippen molar-refractivity contribution in [2.45, 2.75) is 13.8 Å². The molecule has 1 heteroatoms. The maximum absolute atomic E-state index is 5.96. The molecular weight excluding hydrogens is 182 g/mol. The Hall–Kier alpha value is -1.76. The molecule has 0 saturated carbocycles. The van der Waals surface area contributed by atoms with Gasteiger partial charge in [0.25, 0.3) is 0 Å². The highest BCUT2D eigenvalue weighted by Crippen LogP contribution is 2.28. The lowest BCUT2D eigenvalue weighted by atomic mass is 9.97. The van der Waals surface area contributed by atoms with Gasteiger partial charge in [-0.3, -0.25) is 0 Å². The predicted octanol–water partition coefficient (Wildman–Crippen LogP) is 3.55. The van der Waals surface area contributed by atoms with Crippen LogP contribution >= 0.6 is 0 Å². The summed E-state index contributed by atoms with van der Waals surface area (Å²) in [4.78, 5) is 0. The summed E-state index contributed by atoms with van der Waals surface area (Å²) in [6, 6.07) is 14.5. The number of nitrogens with two attached hydrogens (primary N) is 1. The molecule has 76 valence electrons. The van der Waals surface area contributed by atoms with Gasteiger partial charge in [0.2, 0.25) is 0 Å². The molecule has 0 unspecified atom stereocenters. The Morgan fingerprint density at radius 1 is 0.933 bits per heavy atom. The van der Waals surface area contributed by atoms with Crippen LogP contribution in [-0.4, -0.2) is 0 Å². The third-order valence-corrected chi connectivity index (χ3v) is 2.68. The van der Waals surface area contributed by atoms with E-state index in [1.54, 1.807) is 0 Å². The van der Waals surface area contributed by atoms with Crippen molar-refractivity contribution in [1.29, 1.82) is 0 Å². The summed E-state index contributed by atoms with van der Waals surface area (Å²) >= 11 is 0. The zero-order valence-electron chi connectivity index (χ0n) is 9.12. The Labute approximate surface area is 90.6 Å². The summed E-state index contributed by atoms with van der Waals surface area (Å²) in [6.45, 7) is 4.14. The van der Waals surface area contributed by atoms with Crippen LogP contribution in [0.5, 0.6) is 0 Å². The summed E-state index contributed by atoms with van der Waals surface area (Å²) in [6.07, 6.45) is 0. The van der Waals surface area contributed by atoms with Gasteiger partial charge in [-0.1, -0.05) is 36.4 Å². The monoisotopic (exact) mass is 197 g/mol. The topological polar surface area (TPSA) is 26.0 Å². The van der Waals surface area contributed by atoms with E-state index in [4.69, 9.17) is 5.73 Å². The van der Waals surface area contributed by atoms with E-state index in [1.165, 1.54) is 16.7 Å². The SMILES string of the molecule is Cc1cc(N)c(C)c(-c2ccccc2)c1. The van der Waals surface area contributed by atoms with Gasteiger partial charge in [0.05, 0.1) is 0 Å². The van der Waals surface area contributed by atoms with Gasteiger partial charge in [-0.15, -0.1) is 0 Å². The third kappa shape index (κ3) is 1.86. The van der Waals surface area contributed by atoms with Crippen LogP contribution in [0.15, 0.2) is 42.5 Å². The Kier molecular flexibility index (Phi) is 2.46. The van der Waals surface area contributed by atoms with Gasteiger partial charge in [-0.25, -0.2) is 0 Å². The molecule has 0 aliphatic rings. The Morgan fingerprint density at radius 3 is 2.27 bits per heavy atom. The van der Waals surface area contributed by atoms with E-state index in [0.717, 1.165) is 11.3 Å². The largest absolute Gasteiger partial charge is 0.398 e. The van der Waals surface area contributed by atoms with Gasteiger partial charge in [0.15, 0.2) is 0 Å². The molecule has 0 atom stereocenters. The fourth-order valence-corrected chi connectivity index (χ4v) is 1.80. The van der Waals surface area contributed by atoms with E-state index in [0.29, 0.717) is 0 Å². The number of hydrogen-bond acceptors (Lipinski definition) is 1. The Morgan fingerprint density at radius 2 is 1.60 bits per heavy atom. The highest BCUT2D eigenvalue weighted by molar-refractivity contribution is 5.73. The van der Waals surface area contributed by atoms with E-state index in [9.17, 15) is 0 Å². The van der Waals surface area contributed by atoms with Crippen molar-refractivity contribution < 1.29 is 0 Å². The molecule has 0 aliphatic heterocycles. The minimum Gasteiger partial charge on any atom is -0.398 e. The average Bonchev–Trinajstić information content (AvgIpc) is 2.24. The molecule has 0 amide bonds. The number of benzene rings is 2. The van der Waals surface area contributed by atoms with Crippen LogP contribution in [0.2, 0.25) is 0 Å². The first-order valence-electron chi connectivity index (χ1n) is 5.10. The van der Waals surface area contributed by atoms with Crippen LogP contribution in [0.3, 0.4) is 0 Å². The normalized spacial score (nSPS) is 10.3. The van der Waals surface area contributed by atoms with Crippen molar-refractivity contribution in [2.75, 3.05) is 5.73 Å². The molecule has 0 heterocycles. The second kappa shape index (κ2) is 3.77. The minimum absolute atomic E-state index is 0.869. The molecule has 0 fully saturated rings. The third-order valence-electron chi connectivity index (χ3n) is 2.68. The molecule has 1 nitrogen and oxygen atoms in total. The van der Waals surface area contributed by atoms with Crippen LogP contribution in [0.4, 0.5) is 5.69 Å². The predicted molar refractivity (Wildman–Crippen MR) is 65.8 cm³/mol. The van der Waals surface area contributed by atoms with E-state index < -0.39 is 0 Å². The summed E-state index contributed by atoms with van der Waals surface area (Å²) in [5.41, 5.74) is 11.6. The quantitative estimate of drug-likeness (QED) is 0.695. The first-order chi connectivity index (χ1) is 7.18. The number of nitrogen functional groups attached to an aromatic ring is 1. The van der Waals surface area contributed by atoms with Crippen LogP contribution in [0.25, 0.3) is 11.1 Å². The number of anilines is 1. The van der Waals surface area contributed by atoms with E-state index in [2.05, 4.69) is 32.0 Å². The number of aryl methyl sites for hydroxylation is 1. The highest BCUT2D eigenvalue weighted by Gasteiger charge is 2.04. The number of rotatable bonds is 1. The second-order valence-electron chi connectivity index (χ2n) is 3.89. The van der Waals surface area contributed by atoms with Crippen LogP contribution in [0.1, 0.15) is 11.1 Å². The smallest absolute Gasteiger partial charge is 0.0352 e. The molecule has 2 rings (SSSR count). The maximum atomic E-state index is 5.96. The molecule has 2 N–H and O–H groups in total. The van der Waals surface area contributed by atoms with Crippen molar-refractivity contribution in [3.8, 4) is 11.1 Å². The first kappa shape index (κ1) is 9.78. The first-order valence-corrected chi connectivity index (χ1v) is 5.10. The van der Waals surface area contributed by atoms with Crippen molar-refractivity contribution >= 4 is 5.69 Å². The average molecular weight is 197 g/mol. The summed E-state index contributed by atoms with van der Waals surface area (Å²) < 4.78 is 0. The van der Waals surface area contributed by atoms with E-state index in [1.807, 2.05) is 24.3 Å². The van der Waals surface area contributed by atoms with Crippen molar-refractivity contribution in [3.63, 3.8) is 0 Å². The van der Waals surface area contributed by atoms with Gasteiger partial charge in [0.1, 0.15) is 0 Å². The van der Waals surface area contributed by atoms with E-state index >= 15 is 0 Å². The van der Waals surface area contributed by atoms with Crippen LogP contribution in [-0.2, 0) is 0 Å². The molecule has 0 aliphatic carbocycles. The van der Waals surface area contributed by atoms with Crippen molar-refractivity contribution in [1.82, 2.24) is 0 Å². The zero-order valence-corrected chi connectivity index (χ0v) is 9.12. The lowest BCUT2D eigenvalue weighted by molar-refractivity contribution is 1.39. The minimum atomic E-state index is 0.869. The molecule has 15 heavy (non-hydrogen) atoms. The molecule has 0 saturated heterocycles. The summed E-state index contributed by atoms with van der Waals surface area (Å²) in [5, 5.41) is 0. The molecule has 2 aromatic rings. The van der Waals surface area contributed by atoms with Gasteiger partial charge in [-0.2, -0.15) is 0 Å². The standard InChI is InChI=1S/C14H15N/c1-10-8-13(11(2)14(15)9-10)12-6-4-3-5-7-12/h3-9H,15H2,1-2H3. The zero-order chi connectivity index (χ0) is 10.8. The molecule has 0 bridgehead atoms. The highest BCUT2D eigenvalue weighted by atomic mass is 14.6. The fourth-order valence-electron chi connectivity index (χ4n) is 1.80. The van der Waals surface area contributed by atoms with Crippen molar-refractivity contribution in [3.05, 3.63) is 53.6 Å². The van der Waals surface area contributed by atoms with Crippen LogP contribution in [0, 0.1) is 13.8 Å². The summed E-state index contributed by atoms with van der Waals surface area (Å²) in [5.74, 6) is 0. The van der Waals surface area contributed by atoms with Gasteiger partial charge < -0.3 is 5.73 Å². The van der Waals surface area contributed by atoms with Crippen molar-refractivity contribution in [2.24, 2.45) is 0 Å². The molecule has 0 radical (unpaired) electrons. The molecule has 0 aromatic heterocycles. The summed E-state index contributed by atoms with van der Waals surface area (Å²) in [7, 11) is 0. The van der Waals surface area contributed by atoms with Gasteiger partial charge in [-0.05, 0) is 42.2 Å². The van der Waals surface area contributed by atoms with Crippen LogP contribution < -0.4 is 5.73 Å². The number of hydrogen-bond donors (Lipinski definition) is 1.